The van der Waals surface area contributed by atoms with Crippen molar-refractivity contribution in [2.75, 3.05) is 10.6 Å². The fourth-order valence-corrected chi connectivity index (χ4v) is 6.27. The van der Waals surface area contributed by atoms with Gasteiger partial charge in [0.1, 0.15) is 5.03 Å². The molecule has 0 bridgehead atoms. The molecule has 9 heteroatoms. The molecule has 0 radical (unpaired) electrons. The summed E-state index contributed by atoms with van der Waals surface area (Å²) in [6.07, 6.45) is 1.65. The highest BCUT2D eigenvalue weighted by Crippen LogP contribution is 2.41. The second-order valence-electron chi connectivity index (χ2n) is 9.04. The number of hydrogen-bond donors (Lipinski definition) is 2. The lowest BCUT2D eigenvalue weighted by Crippen LogP contribution is -2.21. The maximum atomic E-state index is 13.5. The molecule has 2 amide bonds. The van der Waals surface area contributed by atoms with Gasteiger partial charge in [0.25, 0.3) is 0 Å². The average Bonchev–Trinajstić information content (AvgIpc) is 2.81. The third-order valence-corrected chi connectivity index (χ3v) is 7.85. The van der Waals surface area contributed by atoms with Crippen molar-refractivity contribution >= 4 is 75.0 Å². The largest absolute Gasteiger partial charge is 0.323 e. The van der Waals surface area contributed by atoms with Gasteiger partial charge in [0.15, 0.2) is 0 Å². The summed E-state index contributed by atoms with van der Waals surface area (Å²) in [7, 11) is 0. The topological polar surface area (TPSA) is 66.9 Å². The van der Waals surface area contributed by atoms with Crippen LogP contribution in [0, 0.1) is 6.92 Å². The Labute approximate surface area is 236 Å². The van der Waals surface area contributed by atoms with Gasteiger partial charge in [0.05, 0.1) is 23.1 Å². The molecule has 0 fully saturated rings. The van der Waals surface area contributed by atoms with Crippen LogP contribution in [0.4, 0.5) is 16.2 Å². The van der Waals surface area contributed by atoms with Gasteiger partial charge >= 0.3 is 6.03 Å². The van der Waals surface area contributed by atoms with Gasteiger partial charge in [-0.2, -0.15) is 0 Å². The summed E-state index contributed by atoms with van der Waals surface area (Å²) >= 11 is 16.3. The van der Waals surface area contributed by atoms with E-state index in [1.807, 2.05) is 49.4 Å². The predicted molar refractivity (Wildman–Crippen MR) is 161 cm³/mol. The van der Waals surface area contributed by atoms with Crippen molar-refractivity contribution in [3.05, 3.63) is 70.5 Å². The van der Waals surface area contributed by atoms with Crippen LogP contribution >= 0.6 is 46.7 Å². The summed E-state index contributed by atoms with van der Waals surface area (Å²) in [4.78, 5) is 23.7. The fraction of sp³-hybridized carbons (Fsp3) is 0.250. The number of aryl methyl sites for hydroxylation is 1. The third-order valence-electron chi connectivity index (χ3n) is 5.25. The number of nitrogens with one attached hydrogen (secondary N) is 2. The Morgan fingerprint density at radius 1 is 0.946 bits per heavy atom. The molecule has 192 valence electrons. The van der Waals surface area contributed by atoms with E-state index in [-0.39, 0.29) is 0 Å². The Hall–Kier alpha value is -2.45. The highest BCUT2D eigenvalue weighted by molar-refractivity contribution is 8.00. The normalized spacial score (nSPS) is 11.4. The van der Waals surface area contributed by atoms with Gasteiger partial charge in [-0.15, -0.1) is 23.5 Å². The molecule has 0 aliphatic carbocycles. The van der Waals surface area contributed by atoms with Crippen molar-refractivity contribution in [1.82, 2.24) is 9.97 Å². The minimum atomic E-state index is -0.390. The number of thioether (sulfide) groups is 2. The number of carbonyl (C=O) groups is 1. The van der Waals surface area contributed by atoms with Crippen LogP contribution < -0.4 is 10.6 Å². The summed E-state index contributed by atoms with van der Waals surface area (Å²) in [5.41, 5.74) is 4.42. The smallest absolute Gasteiger partial charge is 0.306 e. The third kappa shape index (κ3) is 6.71. The zero-order valence-electron chi connectivity index (χ0n) is 21.2. The van der Waals surface area contributed by atoms with E-state index in [1.54, 1.807) is 35.8 Å². The maximum absolute atomic E-state index is 13.5. The number of halogens is 2. The zero-order valence-corrected chi connectivity index (χ0v) is 24.4. The van der Waals surface area contributed by atoms with Crippen LogP contribution in [0.1, 0.15) is 33.4 Å². The van der Waals surface area contributed by atoms with Crippen molar-refractivity contribution in [2.45, 2.75) is 55.0 Å². The van der Waals surface area contributed by atoms with Gasteiger partial charge in [-0.3, -0.25) is 4.98 Å². The summed E-state index contributed by atoms with van der Waals surface area (Å²) < 4.78 is 0. The number of anilines is 2. The standard InChI is InChI=1S/C28H28Cl2N4OS2/c1-15(2)36-24-12-17(5)32-27(37-16(3)4)26(24)34-28(35)33-23-14-31-22-11-10-18(29)13-20(22)25(23)19-8-6-7-9-21(19)30/h6-16H,1-5H3,(H2,33,34,35). The van der Waals surface area contributed by atoms with E-state index in [0.717, 1.165) is 37.6 Å². The Bertz CT molecular complexity index is 1430. The molecule has 4 aromatic rings. The number of rotatable bonds is 7. The maximum Gasteiger partial charge on any atom is 0.323 e. The lowest BCUT2D eigenvalue weighted by atomic mass is 9.99. The van der Waals surface area contributed by atoms with Crippen LogP contribution in [0.2, 0.25) is 10.0 Å². The Morgan fingerprint density at radius 3 is 2.38 bits per heavy atom. The number of carbonyl (C=O) groups excluding carboxylic acids is 1. The first-order valence-corrected chi connectivity index (χ1v) is 14.4. The Morgan fingerprint density at radius 2 is 1.68 bits per heavy atom. The summed E-state index contributed by atoms with van der Waals surface area (Å²) in [5, 5.41) is 9.45. The molecule has 5 nitrogen and oxygen atoms in total. The van der Waals surface area contributed by atoms with E-state index in [4.69, 9.17) is 28.2 Å². The molecule has 0 aliphatic rings. The van der Waals surface area contributed by atoms with Crippen LogP contribution in [-0.2, 0) is 0 Å². The zero-order chi connectivity index (χ0) is 26.7. The molecule has 37 heavy (non-hydrogen) atoms. The molecular formula is C28H28Cl2N4OS2. The van der Waals surface area contributed by atoms with Gasteiger partial charge in [0, 0.05) is 47.6 Å². The average molecular weight is 572 g/mol. The molecule has 0 saturated carbocycles. The number of urea groups is 1. The first-order chi connectivity index (χ1) is 17.6. The molecule has 0 spiro atoms. The molecule has 0 saturated heterocycles. The Balaban J connectivity index is 1.77. The minimum Gasteiger partial charge on any atom is -0.306 e. The van der Waals surface area contributed by atoms with E-state index >= 15 is 0 Å². The number of benzene rings is 2. The van der Waals surface area contributed by atoms with Crippen LogP contribution in [0.15, 0.2) is 64.6 Å². The number of nitrogens with zero attached hydrogens (tertiary/aromatic N) is 2. The number of amides is 2. The summed E-state index contributed by atoms with van der Waals surface area (Å²) in [5.74, 6) is 0. The molecule has 2 aromatic carbocycles. The monoisotopic (exact) mass is 570 g/mol. The predicted octanol–water partition coefficient (Wildman–Crippen LogP) is 9.56. The first-order valence-electron chi connectivity index (χ1n) is 11.9. The molecule has 0 unspecified atom stereocenters. The van der Waals surface area contributed by atoms with Gasteiger partial charge in [-0.1, -0.05) is 69.1 Å². The molecule has 0 atom stereocenters. The quantitative estimate of drug-likeness (QED) is 0.216. The van der Waals surface area contributed by atoms with Crippen molar-refractivity contribution in [3.63, 3.8) is 0 Å². The van der Waals surface area contributed by atoms with Crippen molar-refractivity contribution < 1.29 is 4.79 Å². The number of hydrogen-bond acceptors (Lipinski definition) is 5. The van der Waals surface area contributed by atoms with Gasteiger partial charge < -0.3 is 10.6 Å². The minimum absolute atomic E-state index is 0.302. The summed E-state index contributed by atoms with van der Waals surface area (Å²) in [6.45, 7) is 10.4. The van der Waals surface area contributed by atoms with E-state index in [2.05, 4.69) is 43.3 Å². The second-order valence-corrected chi connectivity index (χ2v) is 13.1. The number of fused-ring (bicyclic) bond motifs is 1. The first kappa shape index (κ1) is 27.6. The highest BCUT2D eigenvalue weighted by Gasteiger charge is 2.20. The van der Waals surface area contributed by atoms with Gasteiger partial charge in [0.2, 0.25) is 0 Å². The number of aromatic nitrogens is 2. The second kappa shape index (κ2) is 11.9. The van der Waals surface area contributed by atoms with Crippen molar-refractivity contribution in [3.8, 4) is 11.1 Å². The van der Waals surface area contributed by atoms with Crippen LogP contribution in [-0.4, -0.2) is 26.5 Å². The van der Waals surface area contributed by atoms with Gasteiger partial charge in [-0.05, 0) is 37.3 Å². The Kier molecular flexibility index (Phi) is 8.90. The summed E-state index contributed by atoms with van der Waals surface area (Å²) in [6, 6.07) is 14.6. The van der Waals surface area contributed by atoms with Crippen molar-refractivity contribution in [2.24, 2.45) is 0 Å². The van der Waals surface area contributed by atoms with Crippen LogP contribution in [0.5, 0.6) is 0 Å². The number of pyridine rings is 2. The molecule has 2 N–H and O–H groups in total. The molecular weight excluding hydrogens is 543 g/mol. The van der Waals surface area contributed by atoms with Crippen molar-refractivity contribution in [1.29, 1.82) is 0 Å². The van der Waals surface area contributed by atoms with E-state index in [1.165, 1.54) is 0 Å². The molecule has 2 heterocycles. The highest BCUT2D eigenvalue weighted by atomic mass is 35.5. The fourth-order valence-electron chi connectivity index (χ4n) is 3.87. The molecule has 4 rings (SSSR count). The van der Waals surface area contributed by atoms with Crippen LogP contribution in [0.25, 0.3) is 22.0 Å². The van der Waals surface area contributed by atoms with Gasteiger partial charge in [-0.25, -0.2) is 9.78 Å². The van der Waals surface area contributed by atoms with E-state index in [0.29, 0.717) is 31.9 Å². The SMILES string of the molecule is Cc1cc(SC(C)C)c(NC(=O)Nc2cnc3ccc(Cl)cc3c2-c2ccccc2Cl)c(SC(C)C)n1. The lowest BCUT2D eigenvalue weighted by Gasteiger charge is -2.19. The lowest BCUT2D eigenvalue weighted by molar-refractivity contribution is 0.262. The van der Waals surface area contributed by atoms with Crippen LogP contribution in [0.3, 0.4) is 0 Å². The van der Waals surface area contributed by atoms with E-state index in [9.17, 15) is 4.79 Å². The molecule has 0 aliphatic heterocycles. The van der Waals surface area contributed by atoms with E-state index < -0.39 is 6.03 Å². The molecule has 2 aromatic heterocycles.